The van der Waals surface area contributed by atoms with E-state index >= 15 is 0 Å². The lowest BCUT2D eigenvalue weighted by molar-refractivity contribution is -0.134. The lowest BCUT2D eigenvalue weighted by Gasteiger charge is -2.34. The Morgan fingerprint density at radius 3 is 2.55 bits per heavy atom. The summed E-state index contributed by atoms with van der Waals surface area (Å²) >= 11 is 0. The fourth-order valence-electron chi connectivity index (χ4n) is 2.67. The topological polar surface area (TPSA) is 75.4 Å². The highest BCUT2D eigenvalue weighted by Gasteiger charge is 2.26. The Balaban J connectivity index is 2.40. The molecule has 20 heavy (non-hydrogen) atoms. The summed E-state index contributed by atoms with van der Waals surface area (Å²) in [6.07, 6.45) is 4.54. The molecular weight excluding hydrogens is 254 g/mol. The van der Waals surface area contributed by atoms with E-state index in [9.17, 15) is 9.59 Å². The number of carbonyl (C=O) groups is 2. The molecule has 2 unspecified atom stereocenters. The lowest BCUT2D eigenvalue weighted by Crippen LogP contribution is -2.49. The molecule has 1 saturated carbocycles. The van der Waals surface area contributed by atoms with Gasteiger partial charge in [-0.3, -0.25) is 9.59 Å². The number of rotatable bonds is 5. The van der Waals surface area contributed by atoms with Crippen LogP contribution in [0.2, 0.25) is 0 Å². The molecule has 0 saturated heterocycles. The van der Waals surface area contributed by atoms with Crippen LogP contribution in [0.25, 0.3) is 0 Å². The van der Waals surface area contributed by atoms with Crippen molar-refractivity contribution in [3.05, 3.63) is 0 Å². The summed E-state index contributed by atoms with van der Waals surface area (Å²) in [5, 5.41) is 2.64. The third kappa shape index (κ3) is 4.78. The first-order valence-corrected chi connectivity index (χ1v) is 7.61. The maximum absolute atomic E-state index is 12.1. The van der Waals surface area contributed by atoms with Gasteiger partial charge in [0.15, 0.2) is 0 Å². The van der Waals surface area contributed by atoms with Crippen molar-refractivity contribution >= 4 is 11.8 Å². The number of nitrogens with zero attached hydrogens (tertiary/aromatic N) is 1. The molecule has 2 amide bonds. The highest BCUT2D eigenvalue weighted by molar-refractivity contribution is 5.87. The van der Waals surface area contributed by atoms with Gasteiger partial charge in [-0.15, -0.1) is 0 Å². The standard InChI is InChI=1S/C15H29N3O2/c1-10(2)14(16)15(20)17-9-13(19)18(4)12-7-5-6-11(3)8-12/h10-12,14H,5-9,16H2,1-4H3,(H,17,20)/t11?,12?,14-/m0/s1. The average molecular weight is 283 g/mol. The fraction of sp³-hybridized carbons (Fsp3) is 0.867. The molecule has 0 radical (unpaired) electrons. The molecule has 5 heteroatoms. The molecule has 0 spiro atoms. The lowest BCUT2D eigenvalue weighted by atomic mass is 9.86. The quantitative estimate of drug-likeness (QED) is 0.794. The van der Waals surface area contributed by atoms with Crippen LogP contribution in [0.1, 0.15) is 46.5 Å². The maximum Gasteiger partial charge on any atom is 0.241 e. The number of nitrogens with one attached hydrogen (secondary N) is 1. The van der Waals surface area contributed by atoms with Gasteiger partial charge in [-0.25, -0.2) is 0 Å². The Labute approximate surface area is 122 Å². The van der Waals surface area contributed by atoms with Crippen LogP contribution in [0.5, 0.6) is 0 Å². The van der Waals surface area contributed by atoms with Gasteiger partial charge >= 0.3 is 0 Å². The summed E-state index contributed by atoms with van der Waals surface area (Å²) in [5.41, 5.74) is 5.75. The van der Waals surface area contributed by atoms with Crippen LogP contribution in [-0.2, 0) is 9.59 Å². The van der Waals surface area contributed by atoms with E-state index in [4.69, 9.17) is 5.73 Å². The second-order valence-electron chi connectivity index (χ2n) is 6.42. The van der Waals surface area contributed by atoms with E-state index in [0.29, 0.717) is 12.0 Å². The minimum atomic E-state index is -0.553. The number of hydrogen-bond donors (Lipinski definition) is 2. The second kappa shape index (κ2) is 7.62. The van der Waals surface area contributed by atoms with Gasteiger partial charge < -0.3 is 16.0 Å². The van der Waals surface area contributed by atoms with Gasteiger partial charge in [0.2, 0.25) is 11.8 Å². The number of carbonyl (C=O) groups excluding carboxylic acids is 2. The fourth-order valence-corrected chi connectivity index (χ4v) is 2.67. The smallest absolute Gasteiger partial charge is 0.241 e. The highest BCUT2D eigenvalue weighted by Crippen LogP contribution is 2.26. The third-order valence-corrected chi connectivity index (χ3v) is 4.28. The first-order valence-electron chi connectivity index (χ1n) is 7.61. The minimum absolute atomic E-state index is 0.0339. The molecule has 0 bridgehead atoms. The van der Waals surface area contributed by atoms with Crippen molar-refractivity contribution < 1.29 is 9.59 Å². The summed E-state index contributed by atoms with van der Waals surface area (Å²) < 4.78 is 0. The van der Waals surface area contributed by atoms with Gasteiger partial charge in [-0.1, -0.05) is 33.6 Å². The van der Waals surface area contributed by atoms with Crippen LogP contribution in [0.3, 0.4) is 0 Å². The van der Waals surface area contributed by atoms with Crippen molar-refractivity contribution in [2.24, 2.45) is 17.6 Å². The molecule has 1 aliphatic carbocycles. The molecule has 3 N–H and O–H groups in total. The van der Waals surface area contributed by atoms with E-state index in [1.807, 2.05) is 20.9 Å². The monoisotopic (exact) mass is 283 g/mol. The van der Waals surface area contributed by atoms with Crippen molar-refractivity contribution in [3.8, 4) is 0 Å². The molecule has 0 aromatic rings. The van der Waals surface area contributed by atoms with Gasteiger partial charge in [0.25, 0.3) is 0 Å². The number of amides is 2. The Morgan fingerprint density at radius 1 is 1.35 bits per heavy atom. The van der Waals surface area contributed by atoms with Gasteiger partial charge in [-0.05, 0) is 24.7 Å². The van der Waals surface area contributed by atoms with E-state index in [2.05, 4.69) is 12.2 Å². The van der Waals surface area contributed by atoms with E-state index < -0.39 is 6.04 Å². The molecule has 0 aromatic heterocycles. The third-order valence-electron chi connectivity index (χ3n) is 4.28. The van der Waals surface area contributed by atoms with Crippen LogP contribution in [0.15, 0.2) is 0 Å². The van der Waals surface area contributed by atoms with Gasteiger partial charge in [0.05, 0.1) is 12.6 Å². The molecule has 116 valence electrons. The predicted molar refractivity (Wildman–Crippen MR) is 80.0 cm³/mol. The molecule has 0 aromatic carbocycles. The molecule has 1 fully saturated rings. The predicted octanol–water partition coefficient (Wildman–Crippen LogP) is 1.12. The Morgan fingerprint density at radius 2 is 2.00 bits per heavy atom. The SMILES string of the molecule is CC1CCCC(N(C)C(=O)CNC(=O)[C@@H](N)C(C)C)C1. The van der Waals surface area contributed by atoms with Gasteiger partial charge in [0.1, 0.15) is 0 Å². The van der Waals surface area contributed by atoms with Crippen LogP contribution in [0.4, 0.5) is 0 Å². The summed E-state index contributed by atoms with van der Waals surface area (Å²) in [5.74, 6) is 0.460. The largest absolute Gasteiger partial charge is 0.346 e. The molecule has 0 heterocycles. The van der Waals surface area contributed by atoms with E-state index in [-0.39, 0.29) is 24.3 Å². The number of likely N-dealkylation sites (N-methyl/N-ethyl adjacent to an activating group) is 1. The van der Waals surface area contributed by atoms with Crippen molar-refractivity contribution in [2.75, 3.05) is 13.6 Å². The molecule has 1 aliphatic rings. The zero-order valence-electron chi connectivity index (χ0n) is 13.2. The average Bonchev–Trinajstić information content (AvgIpc) is 2.42. The summed E-state index contributed by atoms with van der Waals surface area (Å²) in [6, 6.07) is -0.246. The minimum Gasteiger partial charge on any atom is -0.346 e. The van der Waals surface area contributed by atoms with Gasteiger partial charge in [-0.2, -0.15) is 0 Å². The van der Waals surface area contributed by atoms with Crippen molar-refractivity contribution in [1.82, 2.24) is 10.2 Å². The van der Waals surface area contributed by atoms with Crippen molar-refractivity contribution in [1.29, 1.82) is 0 Å². The van der Waals surface area contributed by atoms with Crippen LogP contribution < -0.4 is 11.1 Å². The Kier molecular flexibility index (Phi) is 6.46. The van der Waals surface area contributed by atoms with E-state index in [1.165, 1.54) is 12.8 Å². The van der Waals surface area contributed by atoms with Gasteiger partial charge in [0, 0.05) is 13.1 Å². The van der Waals surface area contributed by atoms with Crippen LogP contribution in [0, 0.1) is 11.8 Å². The zero-order chi connectivity index (χ0) is 15.3. The molecule has 5 nitrogen and oxygen atoms in total. The van der Waals surface area contributed by atoms with Crippen molar-refractivity contribution in [3.63, 3.8) is 0 Å². The summed E-state index contributed by atoms with van der Waals surface area (Å²) in [6.45, 7) is 6.05. The van der Waals surface area contributed by atoms with Crippen LogP contribution in [-0.4, -0.2) is 42.4 Å². The number of hydrogen-bond acceptors (Lipinski definition) is 3. The maximum atomic E-state index is 12.1. The second-order valence-corrected chi connectivity index (χ2v) is 6.42. The van der Waals surface area contributed by atoms with Crippen molar-refractivity contribution in [2.45, 2.75) is 58.5 Å². The Hall–Kier alpha value is -1.10. The summed E-state index contributed by atoms with van der Waals surface area (Å²) in [7, 11) is 1.83. The normalized spacial score (nSPS) is 24.3. The highest BCUT2D eigenvalue weighted by atomic mass is 16.2. The first kappa shape index (κ1) is 17.0. The molecule has 3 atom stereocenters. The van der Waals surface area contributed by atoms with E-state index in [1.54, 1.807) is 4.90 Å². The molecule has 1 rings (SSSR count). The zero-order valence-corrected chi connectivity index (χ0v) is 13.2. The number of nitrogens with two attached hydrogens (primary N) is 1. The Bertz CT molecular complexity index is 344. The van der Waals surface area contributed by atoms with E-state index in [0.717, 1.165) is 12.8 Å². The molecule has 0 aliphatic heterocycles. The first-order chi connectivity index (χ1) is 9.32. The molecular formula is C15H29N3O2. The van der Waals surface area contributed by atoms with Crippen LogP contribution >= 0.6 is 0 Å². The summed E-state index contributed by atoms with van der Waals surface area (Å²) in [4.78, 5) is 25.6.